The van der Waals surface area contributed by atoms with Crippen LogP contribution in [0.4, 0.5) is 0 Å². The van der Waals surface area contributed by atoms with Gasteiger partial charge in [-0.3, -0.25) is 4.90 Å². The molecule has 2 heterocycles. The molecular weight excluding hydrogens is 184 g/mol. The van der Waals surface area contributed by atoms with Gasteiger partial charge < -0.3 is 5.32 Å². The van der Waals surface area contributed by atoms with E-state index in [4.69, 9.17) is 0 Å². The van der Waals surface area contributed by atoms with Gasteiger partial charge in [0.2, 0.25) is 0 Å². The molecule has 1 N–H and O–H groups in total. The summed E-state index contributed by atoms with van der Waals surface area (Å²) in [5.74, 6) is 0.966. The van der Waals surface area contributed by atoms with E-state index in [9.17, 15) is 0 Å². The van der Waals surface area contributed by atoms with E-state index in [2.05, 4.69) is 10.2 Å². The van der Waals surface area contributed by atoms with E-state index < -0.39 is 0 Å². The van der Waals surface area contributed by atoms with Crippen molar-refractivity contribution in [3.05, 3.63) is 0 Å². The van der Waals surface area contributed by atoms with E-state index in [1.165, 1.54) is 64.6 Å². The second-order valence-corrected chi connectivity index (χ2v) is 5.68. The molecule has 15 heavy (non-hydrogen) atoms. The van der Waals surface area contributed by atoms with Crippen molar-refractivity contribution in [2.45, 2.75) is 57.0 Å². The maximum absolute atomic E-state index is 3.71. The summed E-state index contributed by atoms with van der Waals surface area (Å²) < 4.78 is 0. The van der Waals surface area contributed by atoms with E-state index >= 15 is 0 Å². The number of hydrogen-bond donors (Lipinski definition) is 1. The highest BCUT2D eigenvalue weighted by atomic mass is 15.2. The molecule has 2 saturated heterocycles. The summed E-state index contributed by atoms with van der Waals surface area (Å²) in [5.41, 5.74) is 0. The average Bonchev–Trinajstić information content (AvgIpc) is 2.82. The maximum Gasteiger partial charge on any atom is 0.0120 e. The molecule has 3 fully saturated rings. The number of nitrogens with zero attached hydrogens (tertiary/aromatic N) is 1. The van der Waals surface area contributed by atoms with Gasteiger partial charge in [0.15, 0.2) is 0 Å². The van der Waals surface area contributed by atoms with E-state index in [0.29, 0.717) is 0 Å². The zero-order chi connectivity index (χ0) is 10.1. The van der Waals surface area contributed by atoms with Crippen molar-refractivity contribution in [3.8, 4) is 0 Å². The fourth-order valence-corrected chi connectivity index (χ4v) is 3.87. The standard InChI is InChI=1S/C13H24N2/c1-2-6-12(5-1)15-9-7-13-11(10-15)4-3-8-14-13/h11-14H,1-10H2. The van der Waals surface area contributed by atoms with Crippen LogP contribution in [0.25, 0.3) is 0 Å². The van der Waals surface area contributed by atoms with Gasteiger partial charge in [-0.25, -0.2) is 0 Å². The molecule has 86 valence electrons. The Bertz CT molecular complexity index is 211. The number of nitrogens with one attached hydrogen (secondary N) is 1. The summed E-state index contributed by atoms with van der Waals surface area (Å²) in [7, 11) is 0. The molecule has 2 heteroatoms. The van der Waals surface area contributed by atoms with Gasteiger partial charge in [-0.1, -0.05) is 12.8 Å². The molecule has 0 aromatic heterocycles. The predicted molar refractivity (Wildman–Crippen MR) is 63.0 cm³/mol. The van der Waals surface area contributed by atoms with Crippen LogP contribution in [0.1, 0.15) is 44.9 Å². The third kappa shape index (κ3) is 2.07. The molecule has 0 radical (unpaired) electrons. The van der Waals surface area contributed by atoms with Crippen LogP contribution in [0.5, 0.6) is 0 Å². The molecule has 0 aromatic rings. The van der Waals surface area contributed by atoms with Crippen molar-refractivity contribution >= 4 is 0 Å². The molecule has 1 saturated carbocycles. The van der Waals surface area contributed by atoms with Gasteiger partial charge in [0.1, 0.15) is 0 Å². The first kappa shape index (κ1) is 10.1. The molecule has 2 unspecified atom stereocenters. The van der Waals surface area contributed by atoms with Crippen molar-refractivity contribution in [2.75, 3.05) is 19.6 Å². The molecular formula is C13H24N2. The number of rotatable bonds is 1. The van der Waals surface area contributed by atoms with Crippen LogP contribution in [0, 0.1) is 5.92 Å². The molecule has 3 rings (SSSR count). The highest BCUT2D eigenvalue weighted by Crippen LogP contribution is 2.30. The monoisotopic (exact) mass is 208 g/mol. The third-order valence-corrected chi connectivity index (χ3v) is 4.76. The topological polar surface area (TPSA) is 15.3 Å². The predicted octanol–water partition coefficient (Wildman–Crippen LogP) is 2.00. The first-order valence-electron chi connectivity index (χ1n) is 6.91. The molecule has 3 aliphatic rings. The molecule has 0 amide bonds. The Balaban J connectivity index is 1.59. The van der Waals surface area contributed by atoms with Crippen LogP contribution in [0.15, 0.2) is 0 Å². The number of fused-ring (bicyclic) bond motifs is 1. The van der Waals surface area contributed by atoms with Gasteiger partial charge in [0.05, 0.1) is 0 Å². The Morgan fingerprint density at radius 2 is 1.80 bits per heavy atom. The van der Waals surface area contributed by atoms with Gasteiger partial charge in [0, 0.05) is 18.6 Å². The van der Waals surface area contributed by atoms with Crippen LogP contribution >= 0.6 is 0 Å². The summed E-state index contributed by atoms with van der Waals surface area (Å²) in [5, 5.41) is 3.71. The largest absolute Gasteiger partial charge is 0.314 e. The fourth-order valence-electron chi connectivity index (χ4n) is 3.87. The zero-order valence-corrected chi connectivity index (χ0v) is 9.75. The molecule has 2 atom stereocenters. The Kier molecular flexibility index (Phi) is 2.98. The second-order valence-electron chi connectivity index (χ2n) is 5.68. The number of piperidine rings is 2. The average molecular weight is 208 g/mol. The quantitative estimate of drug-likeness (QED) is 0.709. The SMILES string of the molecule is C1CNC2CCN(C3CCCC3)CC2C1. The summed E-state index contributed by atoms with van der Waals surface area (Å²) in [6.07, 6.45) is 10.2. The van der Waals surface area contributed by atoms with Crippen molar-refractivity contribution in [1.82, 2.24) is 10.2 Å². The van der Waals surface area contributed by atoms with Gasteiger partial charge in [0.25, 0.3) is 0 Å². The number of likely N-dealkylation sites (tertiary alicyclic amines) is 1. The van der Waals surface area contributed by atoms with Gasteiger partial charge in [-0.05, 0) is 51.1 Å². The van der Waals surface area contributed by atoms with Crippen LogP contribution in [-0.2, 0) is 0 Å². The van der Waals surface area contributed by atoms with E-state index in [-0.39, 0.29) is 0 Å². The highest BCUT2D eigenvalue weighted by molar-refractivity contribution is 4.91. The van der Waals surface area contributed by atoms with Crippen LogP contribution in [0.2, 0.25) is 0 Å². The molecule has 0 aromatic carbocycles. The highest BCUT2D eigenvalue weighted by Gasteiger charge is 2.34. The minimum Gasteiger partial charge on any atom is -0.314 e. The lowest BCUT2D eigenvalue weighted by molar-refractivity contribution is 0.0810. The van der Waals surface area contributed by atoms with Crippen molar-refractivity contribution in [2.24, 2.45) is 5.92 Å². The van der Waals surface area contributed by atoms with Gasteiger partial charge in [-0.15, -0.1) is 0 Å². The van der Waals surface area contributed by atoms with E-state index in [1.807, 2.05) is 0 Å². The summed E-state index contributed by atoms with van der Waals surface area (Å²) >= 11 is 0. The Morgan fingerprint density at radius 1 is 0.933 bits per heavy atom. The first-order valence-corrected chi connectivity index (χ1v) is 6.91. The van der Waals surface area contributed by atoms with E-state index in [0.717, 1.165) is 18.0 Å². The van der Waals surface area contributed by atoms with Crippen LogP contribution < -0.4 is 5.32 Å². The first-order chi connectivity index (χ1) is 7.43. The van der Waals surface area contributed by atoms with Crippen molar-refractivity contribution < 1.29 is 0 Å². The summed E-state index contributed by atoms with van der Waals surface area (Å²) in [6, 6.07) is 1.81. The number of hydrogen-bond acceptors (Lipinski definition) is 2. The lowest BCUT2D eigenvalue weighted by atomic mass is 9.85. The minimum atomic E-state index is 0.858. The Morgan fingerprint density at radius 3 is 2.67 bits per heavy atom. The lowest BCUT2D eigenvalue weighted by Gasteiger charge is -2.44. The normalized spacial score (nSPS) is 39.2. The fraction of sp³-hybridized carbons (Fsp3) is 1.00. The molecule has 2 aliphatic heterocycles. The third-order valence-electron chi connectivity index (χ3n) is 4.76. The smallest absolute Gasteiger partial charge is 0.0120 e. The lowest BCUT2D eigenvalue weighted by Crippen LogP contribution is -2.54. The van der Waals surface area contributed by atoms with Gasteiger partial charge >= 0.3 is 0 Å². The molecule has 1 aliphatic carbocycles. The Labute approximate surface area is 93.4 Å². The molecule has 2 nitrogen and oxygen atoms in total. The van der Waals surface area contributed by atoms with Crippen molar-refractivity contribution in [3.63, 3.8) is 0 Å². The van der Waals surface area contributed by atoms with E-state index in [1.54, 1.807) is 0 Å². The minimum absolute atomic E-state index is 0.858. The Hall–Kier alpha value is -0.0800. The maximum atomic E-state index is 3.71. The van der Waals surface area contributed by atoms with Crippen molar-refractivity contribution in [1.29, 1.82) is 0 Å². The molecule has 0 spiro atoms. The molecule has 0 bridgehead atoms. The summed E-state index contributed by atoms with van der Waals surface area (Å²) in [4.78, 5) is 2.81. The van der Waals surface area contributed by atoms with Crippen LogP contribution in [0.3, 0.4) is 0 Å². The van der Waals surface area contributed by atoms with Crippen LogP contribution in [-0.4, -0.2) is 36.6 Å². The second kappa shape index (κ2) is 4.42. The zero-order valence-electron chi connectivity index (χ0n) is 9.75. The van der Waals surface area contributed by atoms with Gasteiger partial charge in [-0.2, -0.15) is 0 Å². The summed E-state index contributed by atoms with van der Waals surface area (Å²) in [6.45, 7) is 4.02.